The minimum absolute atomic E-state index is 0.0789. The molecule has 0 spiro atoms. The van der Waals surface area contributed by atoms with Crippen molar-refractivity contribution < 1.29 is 19.1 Å². The highest BCUT2D eigenvalue weighted by Gasteiger charge is 2.21. The van der Waals surface area contributed by atoms with Crippen LogP contribution in [0.15, 0.2) is 36.8 Å². The molecular weight excluding hydrogens is 277 g/mol. The molecule has 2 rings (SSSR count). The van der Waals surface area contributed by atoms with E-state index >= 15 is 0 Å². The molecule has 6 nitrogen and oxygen atoms in total. The summed E-state index contributed by atoms with van der Waals surface area (Å²) >= 11 is 0. The first-order valence-electron chi connectivity index (χ1n) is 6.28. The van der Waals surface area contributed by atoms with Crippen LogP contribution in [-0.4, -0.2) is 33.0 Å². The fourth-order valence-corrected chi connectivity index (χ4v) is 1.89. The van der Waals surface area contributed by atoms with E-state index in [0.29, 0.717) is 11.3 Å². The molecule has 0 saturated heterocycles. The van der Waals surface area contributed by atoms with E-state index in [-0.39, 0.29) is 12.8 Å². The first-order chi connectivity index (χ1) is 10.0. The SMILES string of the molecule is O=C(Cc1cccc(F)c1)N[C@H](Cc1cnc[nH]1)C(=O)O. The van der Waals surface area contributed by atoms with Gasteiger partial charge in [-0.15, -0.1) is 0 Å². The molecule has 1 atom stereocenters. The van der Waals surface area contributed by atoms with Gasteiger partial charge >= 0.3 is 5.97 Å². The molecule has 1 heterocycles. The van der Waals surface area contributed by atoms with Gasteiger partial charge in [-0.25, -0.2) is 14.2 Å². The molecule has 1 amide bonds. The Kier molecular flexibility index (Phi) is 4.65. The average molecular weight is 291 g/mol. The standard InChI is InChI=1S/C14H14FN3O3/c15-10-3-1-2-9(4-10)5-13(19)18-12(14(20)21)6-11-7-16-8-17-11/h1-4,7-8,12H,5-6H2,(H,16,17)(H,18,19)(H,20,21)/t12-/m1/s1. The Morgan fingerprint density at radius 1 is 1.43 bits per heavy atom. The van der Waals surface area contributed by atoms with Crippen LogP contribution in [0, 0.1) is 5.82 Å². The number of nitrogens with zero attached hydrogens (tertiary/aromatic N) is 1. The largest absolute Gasteiger partial charge is 0.480 e. The molecule has 0 bridgehead atoms. The monoisotopic (exact) mass is 291 g/mol. The number of aromatic amines is 1. The van der Waals surface area contributed by atoms with Crippen molar-refractivity contribution in [3.05, 3.63) is 53.9 Å². The van der Waals surface area contributed by atoms with Crippen LogP contribution < -0.4 is 5.32 Å². The molecule has 2 aromatic rings. The first-order valence-corrected chi connectivity index (χ1v) is 6.28. The Bertz CT molecular complexity index is 628. The summed E-state index contributed by atoms with van der Waals surface area (Å²) in [5.74, 6) is -2.06. The third-order valence-corrected chi connectivity index (χ3v) is 2.87. The number of carboxylic acids is 1. The van der Waals surface area contributed by atoms with Gasteiger partial charge in [0.05, 0.1) is 12.7 Å². The molecule has 1 aromatic carbocycles. The lowest BCUT2D eigenvalue weighted by atomic mass is 10.1. The zero-order valence-corrected chi connectivity index (χ0v) is 11.0. The number of benzene rings is 1. The van der Waals surface area contributed by atoms with Crippen molar-refractivity contribution >= 4 is 11.9 Å². The van der Waals surface area contributed by atoms with Gasteiger partial charge in [0.25, 0.3) is 0 Å². The molecule has 0 saturated carbocycles. The van der Waals surface area contributed by atoms with E-state index in [1.54, 1.807) is 6.07 Å². The summed E-state index contributed by atoms with van der Waals surface area (Å²) in [6, 6.07) is 4.56. The highest BCUT2D eigenvalue weighted by Crippen LogP contribution is 2.05. The molecule has 1 aromatic heterocycles. The number of aromatic nitrogens is 2. The molecule has 0 unspecified atom stereocenters. The fourth-order valence-electron chi connectivity index (χ4n) is 1.89. The zero-order valence-electron chi connectivity index (χ0n) is 11.0. The number of carbonyl (C=O) groups excluding carboxylic acids is 1. The predicted octanol–water partition coefficient (Wildman–Crippen LogP) is 0.903. The van der Waals surface area contributed by atoms with Crippen LogP contribution in [0.2, 0.25) is 0 Å². The lowest BCUT2D eigenvalue weighted by molar-refractivity contribution is -0.141. The van der Waals surface area contributed by atoms with E-state index in [4.69, 9.17) is 5.11 Å². The first kappa shape index (κ1) is 14.7. The third-order valence-electron chi connectivity index (χ3n) is 2.87. The molecule has 0 aliphatic heterocycles. The van der Waals surface area contributed by atoms with Crippen molar-refractivity contribution in [2.75, 3.05) is 0 Å². The number of amides is 1. The molecule has 0 aliphatic rings. The summed E-state index contributed by atoms with van der Waals surface area (Å²) < 4.78 is 13.0. The smallest absolute Gasteiger partial charge is 0.326 e. The van der Waals surface area contributed by atoms with Crippen molar-refractivity contribution in [1.82, 2.24) is 15.3 Å². The molecule has 0 fully saturated rings. The predicted molar refractivity (Wildman–Crippen MR) is 72.0 cm³/mol. The van der Waals surface area contributed by atoms with E-state index in [1.807, 2.05) is 0 Å². The average Bonchev–Trinajstić information content (AvgIpc) is 2.90. The van der Waals surface area contributed by atoms with Gasteiger partial charge in [-0.2, -0.15) is 0 Å². The second-order valence-electron chi connectivity index (χ2n) is 4.55. The highest BCUT2D eigenvalue weighted by molar-refractivity contribution is 5.85. The Labute approximate surface area is 120 Å². The topological polar surface area (TPSA) is 95.1 Å². The second kappa shape index (κ2) is 6.65. The maximum Gasteiger partial charge on any atom is 0.326 e. The van der Waals surface area contributed by atoms with E-state index in [1.165, 1.54) is 30.7 Å². The summed E-state index contributed by atoms with van der Waals surface area (Å²) in [5, 5.41) is 11.5. The number of hydrogen-bond donors (Lipinski definition) is 3. The van der Waals surface area contributed by atoms with Gasteiger partial charge in [-0.05, 0) is 17.7 Å². The zero-order chi connectivity index (χ0) is 15.2. The van der Waals surface area contributed by atoms with Crippen LogP contribution >= 0.6 is 0 Å². The van der Waals surface area contributed by atoms with Crippen molar-refractivity contribution in [2.45, 2.75) is 18.9 Å². The minimum atomic E-state index is -1.14. The summed E-state index contributed by atoms with van der Waals surface area (Å²) in [7, 11) is 0. The number of rotatable bonds is 6. The number of halogens is 1. The number of hydrogen-bond acceptors (Lipinski definition) is 3. The van der Waals surface area contributed by atoms with Crippen LogP contribution in [0.4, 0.5) is 4.39 Å². The van der Waals surface area contributed by atoms with Crippen LogP contribution in [0.3, 0.4) is 0 Å². The third kappa shape index (κ3) is 4.41. The Hall–Kier alpha value is -2.70. The Morgan fingerprint density at radius 3 is 2.86 bits per heavy atom. The van der Waals surface area contributed by atoms with Gasteiger partial charge < -0.3 is 15.4 Å². The summed E-state index contributed by atoms with van der Waals surface area (Å²) in [4.78, 5) is 29.6. The summed E-state index contributed by atoms with van der Waals surface area (Å²) in [5.41, 5.74) is 1.09. The molecule has 7 heteroatoms. The van der Waals surface area contributed by atoms with Crippen molar-refractivity contribution in [3.63, 3.8) is 0 Å². The van der Waals surface area contributed by atoms with E-state index in [2.05, 4.69) is 15.3 Å². The number of carbonyl (C=O) groups is 2. The maximum absolute atomic E-state index is 13.0. The normalized spacial score (nSPS) is 11.9. The van der Waals surface area contributed by atoms with Crippen molar-refractivity contribution in [1.29, 1.82) is 0 Å². The molecule has 0 aliphatic carbocycles. The molecule has 3 N–H and O–H groups in total. The quantitative estimate of drug-likeness (QED) is 0.737. The number of carboxylic acid groups (broad SMARTS) is 1. The Balaban J connectivity index is 1.96. The van der Waals surface area contributed by atoms with Crippen LogP contribution in [-0.2, 0) is 22.4 Å². The Morgan fingerprint density at radius 2 is 2.24 bits per heavy atom. The number of nitrogens with one attached hydrogen (secondary N) is 2. The van der Waals surface area contributed by atoms with Crippen molar-refractivity contribution in [2.24, 2.45) is 0 Å². The van der Waals surface area contributed by atoms with Crippen LogP contribution in [0.5, 0.6) is 0 Å². The van der Waals surface area contributed by atoms with Crippen LogP contribution in [0.1, 0.15) is 11.3 Å². The lowest BCUT2D eigenvalue weighted by Gasteiger charge is -2.13. The lowest BCUT2D eigenvalue weighted by Crippen LogP contribution is -2.43. The van der Waals surface area contributed by atoms with Gasteiger partial charge in [-0.3, -0.25) is 4.79 Å². The number of aliphatic carboxylic acids is 1. The van der Waals surface area contributed by atoms with Crippen molar-refractivity contribution in [3.8, 4) is 0 Å². The van der Waals surface area contributed by atoms with Gasteiger partial charge in [0.15, 0.2) is 0 Å². The maximum atomic E-state index is 13.0. The van der Waals surface area contributed by atoms with E-state index in [0.717, 1.165) is 0 Å². The van der Waals surface area contributed by atoms with Gasteiger partial charge in [0.2, 0.25) is 5.91 Å². The van der Waals surface area contributed by atoms with Crippen LogP contribution in [0.25, 0.3) is 0 Å². The number of H-pyrrole nitrogens is 1. The fraction of sp³-hybridized carbons (Fsp3) is 0.214. The molecule has 0 radical (unpaired) electrons. The van der Waals surface area contributed by atoms with Gasteiger partial charge in [0.1, 0.15) is 11.9 Å². The van der Waals surface area contributed by atoms with E-state index < -0.39 is 23.7 Å². The number of imidazole rings is 1. The second-order valence-corrected chi connectivity index (χ2v) is 4.55. The van der Waals surface area contributed by atoms with E-state index in [9.17, 15) is 14.0 Å². The van der Waals surface area contributed by atoms with Gasteiger partial charge in [0, 0.05) is 18.3 Å². The molecular formula is C14H14FN3O3. The molecule has 21 heavy (non-hydrogen) atoms. The minimum Gasteiger partial charge on any atom is -0.480 e. The summed E-state index contributed by atoms with van der Waals surface area (Å²) in [6.07, 6.45) is 2.95. The summed E-state index contributed by atoms with van der Waals surface area (Å²) in [6.45, 7) is 0. The van der Waals surface area contributed by atoms with Gasteiger partial charge in [-0.1, -0.05) is 12.1 Å². The highest BCUT2D eigenvalue weighted by atomic mass is 19.1. The molecule has 110 valence electrons.